The fraction of sp³-hybridized carbons (Fsp3) is 0.235. The molecule has 4 aromatic carbocycles. The predicted molar refractivity (Wildman–Crippen MR) is 168 cm³/mol. The second-order valence-corrected chi connectivity index (χ2v) is 12.0. The van der Waals surface area contributed by atoms with Crippen molar-refractivity contribution in [1.82, 2.24) is 10.2 Å². The molecule has 4 rings (SSSR count). The number of aryl methyl sites for hydroxylation is 1. The number of benzene rings is 4. The van der Waals surface area contributed by atoms with E-state index in [0.29, 0.717) is 18.0 Å². The molecule has 0 aliphatic rings. The highest BCUT2D eigenvalue weighted by Gasteiger charge is 2.34. The van der Waals surface area contributed by atoms with E-state index in [9.17, 15) is 18.0 Å². The second kappa shape index (κ2) is 14.5. The van der Waals surface area contributed by atoms with Crippen molar-refractivity contribution in [3.8, 4) is 5.75 Å². The summed E-state index contributed by atoms with van der Waals surface area (Å²) in [5.41, 5.74) is 2.90. The fourth-order valence-electron chi connectivity index (χ4n) is 4.74. The van der Waals surface area contributed by atoms with Crippen LogP contribution in [0.5, 0.6) is 5.75 Å². The van der Waals surface area contributed by atoms with Crippen LogP contribution in [0.15, 0.2) is 114 Å². The van der Waals surface area contributed by atoms with Gasteiger partial charge in [0.05, 0.1) is 17.7 Å². The first-order chi connectivity index (χ1) is 20.7. The number of carbonyl (C=O) groups excluding carboxylic acids is 2. The molecule has 1 N–H and O–H groups in total. The molecule has 0 heterocycles. The number of nitrogens with one attached hydrogen (secondary N) is 1. The van der Waals surface area contributed by atoms with Crippen LogP contribution in [0.4, 0.5) is 5.69 Å². The van der Waals surface area contributed by atoms with Crippen LogP contribution in [0.25, 0.3) is 0 Å². The van der Waals surface area contributed by atoms with E-state index in [1.807, 2.05) is 74.5 Å². The molecule has 0 unspecified atom stereocenters. The summed E-state index contributed by atoms with van der Waals surface area (Å²) in [6.45, 7) is 3.68. The van der Waals surface area contributed by atoms with Crippen LogP contribution in [0, 0.1) is 6.92 Å². The minimum absolute atomic E-state index is 0.0564. The molecule has 0 radical (unpaired) electrons. The third-order valence-electron chi connectivity index (χ3n) is 7.07. The van der Waals surface area contributed by atoms with Crippen molar-refractivity contribution < 1.29 is 22.7 Å². The minimum Gasteiger partial charge on any atom is -0.497 e. The quantitative estimate of drug-likeness (QED) is 0.234. The molecule has 224 valence electrons. The molecule has 0 saturated heterocycles. The van der Waals surface area contributed by atoms with Gasteiger partial charge in [0.1, 0.15) is 18.3 Å². The highest BCUT2D eigenvalue weighted by molar-refractivity contribution is 7.92. The van der Waals surface area contributed by atoms with Crippen molar-refractivity contribution in [2.24, 2.45) is 0 Å². The van der Waals surface area contributed by atoms with Crippen LogP contribution in [0.2, 0.25) is 0 Å². The lowest BCUT2D eigenvalue weighted by molar-refractivity contribution is -0.140. The van der Waals surface area contributed by atoms with Crippen molar-refractivity contribution in [3.05, 3.63) is 126 Å². The molecule has 0 spiro atoms. The molecule has 1 atom stereocenters. The highest BCUT2D eigenvalue weighted by atomic mass is 32.2. The van der Waals surface area contributed by atoms with Gasteiger partial charge in [0.2, 0.25) is 11.8 Å². The number of ether oxygens (including phenoxy) is 1. The van der Waals surface area contributed by atoms with Gasteiger partial charge in [-0.3, -0.25) is 13.9 Å². The first-order valence-corrected chi connectivity index (χ1v) is 15.6. The SMILES string of the molecule is CCNC(=O)[C@@H](Cc1ccccc1)N(Cc1ccccc1)C(=O)CN(c1ccc(OC)cc1)S(=O)(=O)c1ccc(C)cc1. The minimum atomic E-state index is -4.16. The zero-order valence-electron chi connectivity index (χ0n) is 24.6. The Morgan fingerprint density at radius 2 is 1.40 bits per heavy atom. The van der Waals surface area contributed by atoms with Crippen molar-refractivity contribution in [2.45, 2.75) is 37.8 Å². The maximum atomic E-state index is 14.3. The van der Waals surface area contributed by atoms with Gasteiger partial charge in [-0.05, 0) is 61.4 Å². The normalized spacial score (nSPS) is 11.8. The third-order valence-corrected chi connectivity index (χ3v) is 8.85. The smallest absolute Gasteiger partial charge is 0.264 e. The second-order valence-electron chi connectivity index (χ2n) is 10.1. The van der Waals surface area contributed by atoms with Crippen LogP contribution >= 0.6 is 0 Å². The molecule has 0 bridgehead atoms. The van der Waals surface area contributed by atoms with Crippen molar-refractivity contribution >= 4 is 27.5 Å². The third kappa shape index (κ3) is 8.02. The molecule has 9 heteroatoms. The van der Waals surface area contributed by atoms with Gasteiger partial charge in [-0.15, -0.1) is 0 Å². The Morgan fingerprint density at radius 3 is 1.95 bits per heavy atom. The van der Waals surface area contributed by atoms with E-state index in [2.05, 4.69) is 5.32 Å². The average Bonchev–Trinajstić information content (AvgIpc) is 3.02. The summed E-state index contributed by atoms with van der Waals surface area (Å²) < 4.78 is 34.5. The Hall–Kier alpha value is -4.63. The first kappa shape index (κ1) is 31.3. The van der Waals surface area contributed by atoms with Crippen LogP contribution in [0.3, 0.4) is 0 Å². The van der Waals surface area contributed by atoms with Gasteiger partial charge in [0, 0.05) is 19.5 Å². The lowest BCUT2D eigenvalue weighted by atomic mass is 10.0. The Morgan fingerprint density at radius 1 is 0.814 bits per heavy atom. The molecule has 0 aliphatic heterocycles. The van der Waals surface area contributed by atoms with E-state index in [4.69, 9.17) is 4.74 Å². The molecule has 43 heavy (non-hydrogen) atoms. The van der Waals surface area contributed by atoms with E-state index < -0.39 is 28.5 Å². The summed E-state index contributed by atoms with van der Waals surface area (Å²) in [6.07, 6.45) is 0.262. The number of methoxy groups -OCH3 is 1. The summed E-state index contributed by atoms with van der Waals surface area (Å²) in [5.74, 6) is -0.275. The zero-order chi connectivity index (χ0) is 30.8. The number of sulfonamides is 1. The Labute approximate surface area is 254 Å². The van der Waals surface area contributed by atoms with E-state index in [0.717, 1.165) is 21.0 Å². The largest absolute Gasteiger partial charge is 0.497 e. The monoisotopic (exact) mass is 599 g/mol. The lowest BCUT2D eigenvalue weighted by Crippen LogP contribution is -2.53. The molecule has 0 aliphatic carbocycles. The van der Waals surface area contributed by atoms with E-state index in [1.54, 1.807) is 36.4 Å². The number of hydrogen-bond acceptors (Lipinski definition) is 5. The summed E-state index contributed by atoms with van der Waals surface area (Å²) in [5, 5.41) is 2.87. The van der Waals surface area contributed by atoms with Gasteiger partial charge >= 0.3 is 0 Å². The number of hydrogen-bond donors (Lipinski definition) is 1. The predicted octanol–water partition coefficient (Wildman–Crippen LogP) is 4.98. The Kier molecular flexibility index (Phi) is 10.6. The summed E-state index contributed by atoms with van der Waals surface area (Å²) in [7, 11) is -2.64. The standard InChI is InChI=1S/C34H37N3O5S/c1-4-35-34(39)32(23-27-11-7-5-8-12-27)36(24-28-13-9-6-10-14-28)33(38)25-37(29-17-19-30(42-3)20-18-29)43(40,41)31-21-15-26(2)16-22-31/h5-22,32H,4,23-25H2,1-3H3,(H,35,39)/t32-/m1/s1. The number of anilines is 1. The fourth-order valence-corrected chi connectivity index (χ4v) is 6.15. The molecular formula is C34H37N3O5S. The van der Waals surface area contributed by atoms with Gasteiger partial charge in [-0.2, -0.15) is 0 Å². The number of carbonyl (C=O) groups is 2. The number of amides is 2. The van der Waals surface area contributed by atoms with E-state index >= 15 is 0 Å². The van der Waals surface area contributed by atoms with Crippen LogP contribution in [-0.4, -0.2) is 51.4 Å². The molecule has 0 aromatic heterocycles. The molecule has 4 aromatic rings. The van der Waals surface area contributed by atoms with Crippen LogP contribution in [-0.2, 0) is 32.6 Å². The summed E-state index contributed by atoms with van der Waals surface area (Å²) in [4.78, 5) is 29.4. The van der Waals surface area contributed by atoms with Crippen molar-refractivity contribution in [3.63, 3.8) is 0 Å². The molecule has 8 nitrogen and oxygen atoms in total. The molecule has 0 fully saturated rings. The van der Waals surface area contributed by atoms with Gasteiger partial charge in [0.15, 0.2) is 0 Å². The number of nitrogens with zero attached hydrogens (tertiary/aromatic N) is 2. The molecular weight excluding hydrogens is 562 g/mol. The average molecular weight is 600 g/mol. The maximum absolute atomic E-state index is 14.3. The van der Waals surface area contributed by atoms with Gasteiger partial charge in [-0.25, -0.2) is 8.42 Å². The Balaban J connectivity index is 1.78. The lowest BCUT2D eigenvalue weighted by Gasteiger charge is -2.33. The van der Waals surface area contributed by atoms with Crippen molar-refractivity contribution in [1.29, 1.82) is 0 Å². The topological polar surface area (TPSA) is 96.0 Å². The van der Waals surface area contributed by atoms with Gasteiger partial charge in [0.25, 0.3) is 10.0 Å². The number of rotatable bonds is 13. The van der Waals surface area contributed by atoms with Crippen LogP contribution < -0.4 is 14.4 Å². The van der Waals surface area contributed by atoms with Crippen molar-refractivity contribution in [2.75, 3.05) is 24.5 Å². The first-order valence-electron chi connectivity index (χ1n) is 14.1. The van der Waals surface area contributed by atoms with Gasteiger partial charge < -0.3 is 15.0 Å². The molecule has 2 amide bonds. The zero-order valence-corrected chi connectivity index (χ0v) is 25.5. The maximum Gasteiger partial charge on any atom is 0.264 e. The highest BCUT2D eigenvalue weighted by Crippen LogP contribution is 2.27. The summed E-state index contributed by atoms with van der Waals surface area (Å²) in [6, 6.07) is 30.9. The van der Waals surface area contributed by atoms with E-state index in [1.165, 1.54) is 24.1 Å². The van der Waals surface area contributed by atoms with Crippen LogP contribution in [0.1, 0.15) is 23.6 Å². The van der Waals surface area contributed by atoms with Gasteiger partial charge in [-0.1, -0.05) is 78.4 Å². The Bertz CT molecular complexity index is 1590. The number of likely N-dealkylation sites (N-methyl/N-ethyl adjacent to an activating group) is 1. The van der Waals surface area contributed by atoms with E-state index in [-0.39, 0.29) is 23.8 Å². The molecule has 0 saturated carbocycles. The summed E-state index contributed by atoms with van der Waals surface area (Å²) >= 11 is 0.